The minimum atomic E-state index is -0.738. The predicted molar refractivity (Wildman–Crippen MR) is 154 cm³/mol. The van der Waals surface area contributed by atoms with Gasteiger partial charge in [0.05, 0.1) is 24.1 Å². The van der Waals surface area contributed by atoms with Crippen molar-refractivity contribution in [3.63, 3.8) is 0 Å². The number of carbonyl (C=O) groups is 2. The van der Waals surface area contributed by atoms with Gasteiger partial charge in [0.1, 0.15) is 5.69 Å². The number of H-pyrrole nitrogens is 1. The highest BCUT2D eigenvalue weighted by molar-refractivity contribution is 7.13. The summed E-state index contributed by atoms with van der Waals surface area (Å²) in [7, 11) is 1.61. The number of anilines is 2. The fraction of sp³-hybridized carbons (Fsp3) is 0.393. The van der Waals surface area contributed by atoms with Crippen LogP contribution in [0.4, 0.5) is 10.8 Å². The van der Waals surface area contributed by atoms with E-state index in [1.54, 1.807) is 30.8 Å². The average Bonchev–Trinajstić information content (AvgIpc) is 3.75. The van der Waals surface area contributed by atoms with E-state index >= 15 is 0 Å². The van der Waals surface area contributed by atoms with E-state index in [-0.39, 0.29) is 18.4 Å². The van der Waals surface area contributed by atoms with Gasteiger partial charge in [-0.05, 0) is 43.3 Å². The summed E-state index contributed by atoms with van der Waals surface area (Å²) in [5, 5.41) is 14.5. The van der Waals surface area contributed by atoms with Crippen molar-refractivity contribution in [1.82, 2.24) is 30.0 Å². The quantitative estimate of drug-likeness (QED) is 0.338. The maximum Gasteiger partial charge on any atom is 0.236 e. The zero-order chi connectivity index (χ0) is 27.5. The number of benzene rings is 1. The molecule has 2 aliphatic heterocycles. The second-order valence-electron chi connectivity index (χ2n) is 10.4. The number of nitrogens with zero attached hydrogens (tertiary/aromatic N) is 6. The summed E-state index contributed by atoms with van der Waals surface area (Å²) >= 11 is 1.62. The summed E-state index contributed by atoms with van der Waals surface area (Å²) in [5.41, 5.74) is 2.59. The van der Waals surface area contributed by atoms with E-state index in [0.717, 1.165) is 40.4 Å². The van der Waals surface area contributed by atoms with Crippen molar-refractivity contribution < 1.29 is 14.3 Å². The number of carbonyl (C=O) groups excluding carboxylic acids is 2. The van der Waals surface area contributed by atoms with Crippen molar-refractivity contribution in [2.75, 3.05) is 69.7 Å². The lowest BCUT2D eigenvalue weighted by atomic mass is 9.87. The highest BCUT2D eigenvalue weighted by Crippen LogP contribution is 2.34. The Labute approximate surface area is 236 Å². The Bertz CT molecular complexity index is 1470. The Kier molecular flexibility index (Phi) is 7.46. The molecule has 1 atom stereocenters. The number of amides is 2. The van der Waals surface area contributed by atoms with Crippen LogP contribution in [0.25, 0.3) is 22.2 Å². The van der Waals surface area contributed by atoms with Crippen LogP contribution >= 0.6 is 11.3 Å². The van der Waals surface area contributed by atoms with Crippen molar-refractivity contribution in [3.8, 4) is 11.3 Å². The second kappa shape index (κ2) is 11.3. The van der Waals surface area contributed by atoms with Crippen LogP contribution in [-0.4, -0.2) is 101 Å². The van der Waals surface area contributed by atoms with Gasteiger partial charge in [-0.2, -0.15) is 5.10 Å². The van der Waals surface area contributed by atoms with Crippen LogP contribution in [0.2, 0.25) is 0 Å². The zero-order valence-electron chi connectivity index (χ0n) is 22.4. The van der Waals surface area contributed by atoms with Gasteiger partial charge in [0.15, 0.2) is 5.13 Å². The third-order valence-corrected chi connectivity index (χ3v) is 8.62. The highest BCUT2D eigenvalue weighted by Gasteiger charge is 2.45. The molecule has 2 amide bonds. The lowest BCUT2D eigenvalue weighted by Crippen LogP contribution is -2.51. The summed E-state index contributed by atoms with van der Waals surface area (Å²) in [5.74, 6) is -0.00358. The molecule has 2 saturated heterocycles. The standard InChI is InChI=1S/C28H32N8O3S/c1-39-19-28(6-10-34(18-28)17-24(37)35-11-13-36(14-12-35)27-30-9-15-40-27)26(38)31-21-2-3-23-22(16-21)25(33-32-23)20-4-7-29-8-5-20/h2-5,7-9,15-16H,6,10-14,17-19H2,1H3,(H,31,38)(H,32,33). The summed E-state index contributed by atoms with van der Waals surface area (Å²) in [6.07, 6.45) is 5.89. The van der Waals surface area contributed by atoms with Gasteiger partial charge in [-0.25, -0.2) is 4.98 Å². The smallest absolute Gasteiger partial charge is 0.236 e. The third-order valence-electron chi connectivity index (χ3n) is 7.79. The van der Waals surface area contributed by atoms with E-state index < -0.39 is 5.41 Å². The number of nitrogens with one attached hydrogen (secondary N) is 2. The van der Waals surface area contributed by atoms with Gasteiger partial charge in [-0.15, -0.1) is 11.3 Å². The van der Waals surface area contributed by atoms with E-state index in [1.807, 2.05) is 46.8 Å². The third kappa shape index (κ3) is 5.29. The lowest BCUT2D eigenvalue weighted by Gasteiger charge is -2.35. The van der Waals surface area contributed by atoms with Crippen LogP contribution in [0.5, 0.6) is 0 Å². The molecule has 0 spiro atoms. The highest BCUT2D eigenvalue weighted by atomic mass is 32.1. The Morgan fingerprint density at radius 2 is 1.93 bits per heavy atom. The van der Waals surface area contributed by atoms with Gasteiger partial charge in [0.2, 0.25) is 11.8 Å². The van der Waals surface area contributed by atoms with Crippen molar-refractivity contribution in [1.29, 1.82) is 0 Å². The van der Waals surface area contributed by atoms with Crippen LogP contribution in [0.15, 0.2) is 54.3 Å². The van der Waals surface area contributed by atoms with E-state index in [0.29, 0.717) is 44.8 Å². The molecular weight excluding hydrogens is 528 g/mol. The van der Waals surface area contributed by atoms with Crippen LogP contribution in [0, 0.1) is 5.41 Å². The minimum absolute atomic E-state index is 0.0986. The number of pyridine rings is 1. The van der Waals surface area contributed by atoms with E-state index in [9.17, 15) is 9.59 Å². The Balaban J connectivity index is 1.10. The molecule has 6 rings (SSSR count). The Morgan fingerprint density at radius 1 is 1.10 bits per heavy atom. The largest absolute Gasteiger partial charge is 0.384 e. The van der Waals surface area contributed by atoms with Gasteiger partial charge in [0.25, 0.3) is 0 Å². The molecule has 2 N–H and O–H groups in total. The molecule has 208 valence electrons. The first-order valence-corrected chi connectivity index (χ1v) is 14.3. The summed E-state index contributed by atoms with van der Waals surface area (Å²) in [4.78, 5) is 41.5. The molecule has 2 aliphatic rings. The number of likely N-dealkylation sites (tertiary alicyclic amines) is 1. The molecule has 12 heteroatoms. The van der Waals surface area contributed by atoms with Crippen LogP contribution in [0.1, 0.15) is 6.42 Å². The predicted octanol–water partition coefficient (Wildman–Crippen LogP) is 2.71. The fourth-order valence-electron chi connectivity index (χ4n) is 5.63. The van der Waals surface area contributed by atoms with E-state index in [2.05, 4.69) is 35.3 Å². The topological polar surface area (TPSA) is 120 Å². The van der Waals surface area contributed by atoms with Gasteiger partial charge >= 0.3 is 0 Å². The number of hydrogen-bond donors (Lipinski definition) is 2. The fourth-order valence-corrected chi connectivity index (χ4v) is 6.33. The Hall–Kier alpha value is -3.87. The molecule has 0 aliphatic carbocycles. The molecule has 5 heterocycles. The molecule has 4 aromatic rings. The van der Waals surface area contributed by atoms with Gasteiger partial charge in [-0.1, -0.05) is 0 Å². The molecule has 2 fully saturated rings. The number of piperazine rings is 1. The first-order valence-electron chi connectivity index (χ1n) is 13.4. The van der Waals surface area contributed by atoms with Crippen LogP contribution in [0.3, 0.4) is 0 Å². The average molecular weight is 561 g/mol. The number of rotatable bonds is 8. The molecule has 11 nitrogen and oxygen atoms in total. The molecule has 0 saturated carbocycles. The van der Waals surface area contributed by atoms with Crippen molar-refractivity contribution in [2.45, 2.75) is 6.42 Å². The monoisotopic (exact) mass is 560 g/mol. The maximum absolute atomic E-state index is 13.7. The maximum atomic E-state index is 13.7. The molecule has 1 aromatic carbocycles. The second-order valence-corrected chi connectivity index (χ2v) is 11.3. The summed E-state index contributed by atoms with van der Waals surface area (Å²) in [6.45, 7) is 4.61. The summed E-state index contributed by atoms with van der Waals surface area (Å²) in [6, 6.07) is 9.54. The molecular formula is C28H32N8O3S. The Morgan fingerprint density at radius 3 is 2.67 bits per heavy atom. The number of aromatic amines is 1. The van der Waals surface area contributed by atoms with Crippen molar-refractivity contribution >= 4 is 44.9 Å². The van der Waals surface area contributed by atoms with Gasteiger partial charge in [-0.3, -0.25) is 24.6 Å². The molecule has 0 radical (unpaired) electrons. The summed E-state index contributed by atoms with van der Waals surface area (Å²) < 4.78 is 5.53. The van der Waals surface area contributed by atoms with Gasteiger partial charge in [0, 0.05) is 80.4 Å². The number of aromatic nitrogens is 4. The first kappa shape index (κ1) is 26.4. The van der Waals surface area contributed by atoms with E-state index in [1.165, 1.54) is 0 Å². The number of ether oxygens (including phenoxy) is 1. The van der Waals surface area contributed by atoms with Gasteiger partial charge < -0.3 is 19.9 Å². The molecule has 40 heavy (non-hydrogen) atoms. The lowest BCUT2D eigenvalue weighted by molar-refractivity contribution is -0.133. The molecule has 0 bridgehead atoms. The van der Waals surface area contributed by atoms with Crippen LogP contribution < -0.4 is 10.2 Å². The number of hydrogen-bond acceptors (Lipinski definition) is 9. The number of thiazole rings is 1. The molecule has 3 aromatic heterocycles. The van der Waals surface area contributed by atoms with Crippen molar-refractivity contribution in [3.05, 3.63) is 54.3 Å². The SMILES string of the molecule is COCC1(C(=O)Nc2ccc3[nH]nc(-c4ccncc4)c3c2)CCN(CC(=O)N2CCN(c3nccs3)CC2)C1. The first-order chi connectivity index (χ1) is 19.5. The van der Waals surface area contributed by atoms with E-state index in [4.69, 9.17) is 4.74 Å². The zero-order valence-corrected chi connectivity index (χ0v) is 23.2. The number of methoxy groups -OCH3 is 1. The van der Waals surface area contributed by atoms with Crippen molar-refractivity contribution in [2.24, 2.45) is 5.41 Å². The number of fused-ring (bicyclic) bond motifs is 1. The normalized spacial score (nSPS) is 19.8. The van der Waals surface area contributed by atoms with Crippen LogP contribution in [-0.2, 0) is 14.3 Å². The molecule has 1 unspecified atom stereocenters. The minimum Gasteiger partial charge on any atom is -0.384 e.